The number of nitro groups is 2. The van der Waals surface area contributed by atoms with E-state index >= 15 is 0 Å². The summed E-state index contributed by atoms with van der Waals surface area (Å²) in [6, 6.07) is 9.55. The molecule has 0 heterocycles. The molecule has 0 saturated heterocycles. The van der Waals surface area contributed by atoms with E-state index in [1.54, 1.807) is 12.1 Å². The summed E-state index contributed by atoms with van der Waals surface area (Å²) in [6.45, 7) is 5.39. The van der Waals surface area contributed by atoms with Crippen LogP contribution in [0.5, 0.6) is 5.75 Å². The Morgan fingerprint density at radius 2 is 1.59 bits per heavy atom. The maximum Gasteiger partial charge on any atom is 0.514 e. The Kier molecular flexibility index (Phi) is 6.07. The predicted octanol–water partition coefficient (Wildman–Crippen LogP) is 4.90. The second-order valence-corrected chi connectivity index (χ2v) is 6.09. The Morgan fingerprint density at radius 1 is 0.963 bits per heavy atom. The van der Waals surface area contributed by atoms with Gasteiger partial charge in [-0.3, -0.25) is 20.2 Å². The van der Waals surface area contributed by atoms with Gasteiger partial charge in [-0.15, -0.1) is 0 Å². The zero-order chi connectivity index (χ0) is 20.1. The third-order valence-electron chi connectivity index (χ3n) is 3.87. The van der Waals surface area contributed by atoms with Crippen LogP contribution in [0.25, 0.3) is 0 Å². The molecule has 2 aromatic rings. The van der Waals surface area contributed by atoms with E-state index in [0.29, 0.717) is 0 Å². The lowest BCUT2D eigenvalue weighted by molar-refractivity contribution is -0.386. The zero-order valence-corrected chi connectivity index (χ0v) is 14.9. The summed E-state index contributed by atoms with van der Waals surface area (Å²) in [5, 5.41) is 21.9. The summed E-state index contributed by atoms with van der Waals surface area (Å²) < 4.78 is 10.1. The Hall–Kier alpha value is -3.49. The molecule has 0 spiro atoms. The number of nitro benzene ring substituents is 2. The number of carbonyl (C=O) groups is 1. The van der Waals surface area contributed by atoms with Gasteiger partial charge in [-0.2, -0.15) is 0 Å². The molecule has 0 saturated carbocycles. The largest absolute Gasteiger partial charge is 0.514 e. The Balaban J connectivity index is 2.14. The van der Waals surface area contributed by atoms with Crippen molar-refractivity contribution in [2.75, 3.05) is 0 Å². The number of rotatable bonds is 6. The number of nitrogens with zero attached hydrogens (tertiary/aromatic N) is 2. The van der Waals surface area contributed by atoms with Crippen molar-refractivity contribution in [3.05, 3.63) is 73.8 Å². The Labute approximate surface area is 154 Å². The lowest BCUT2D eigenvalue weighted by Crippen LogP contribution is -2.14. The summed E-state index contributed by atoms with van der Waals surface area (Å²) in [6.07, 6.45) is -1.99. The molecule has 1 atom stereocenters. The van der Waals surface area contributed by atoms with E-state index in [1.165, 1.54) is 37.3 Å². The van der Waals surface area contributed by atoms with Gasteiger partial charge in [0.2, 0.25) is 0 Å². The molecule has 0 radical (unpaired) electrons. The second-order valence-electron chi connectivity index (χ2n) is 6.09. The first kappa shape index (κ1) is 19.8. The summed E-state index contributed by atoms with van der Waals surface area (Å²) in [7, 11) is 0. The van der Waals surface area contributed by atoms with Crippen molar-refractivity contribution >= 4 is 17.5 Å². The smallest absolute Gasteiger partial charge is 0.426 e. The molecule has 9 nitrogen and oxygen atoms in total. The van der Waals surface area contributed by atoms with Gasteiger partial charge in [0.15, 0.2) is 0 Å². The highest BCUT2D eigenvalue weighted by atomic mass is 16.7. The molecule has 9 heteroatoms. The predicted molar refractivity (Wildman–Crippen MR) is 95.8 cm³/mol. The molecule has 0 amide bonds. The average molecular weight is 374 g/mol. The SMILES string of the molecule is CC(C)c1ccc([N+](=O)[O-])c(C(C)OC(=O)Oc2ccc([N+](=O)[O-])cc2)c1. The minimum Gasteiger partial charge on any atom is -0.426 e. The number of hydrogen-bond acceptors (Lipinski definition) is 7. The van der Waals surface area contributed by atoms with Crippen LogP contribution in [0.3, 0.4) is 0 Å². The van der Waals surface area contributed by atoms with Crippen LogP contribution >= 0.6 is 0 Å². The van der Waals surface area contributed by atoms with Gasteiger partial charge in [-0.05, 0) is 36.6 Å². The van der Waals surface area contributed by atoms with Crippen LogP contribution in [0, 0.1) is 20.2 Å². The lowest BCUT2D eigenvalue weighted by Gasteiger charge is -2.15. The van der Waals surface area contributed by atoms with Crippen LogP contribution in [0.2, 0.25) is 0 Å². The Morgan fingerprint density at radius 3 is 2.11 bits per heavy atom. The van der Waals surface area contributed by atoms with Gasteiger partial charge in [0.1, 0.15) is 11.9 Å². The van der Waals surface area contributed by atoms with Gasteiger partial charge >= 0.3 is 6.16 Å². The van der Waals surface area contributed by atoms with Crippen LogP contribution in [-0.4, -0.2) is 16.0 Å². The van der Waals surface area contributed by atoms with E-state index in [0.717, 1.165) is 5.56 Å². The quantitative estimate of drug-likeness (QED) is 0.305. The fraction of sp³-hybridized carbons (Fsp3) is 0.278. The molecule has 0 bridgehead atoms. The zero-order valence-electron chi connectivity index (χ0n) is 14.9. The molecule has 0 aliphatic heterocycles. The van der Waals surface area contributed by atoms with Crippen LogP contribution in [0.4, 0.5) is 16.2 Å². The van der Waals surface area contributed by atoms with Crippen molar-refractivity contribution in [2.45, 2.75) is 32.8 Å². The highest BCUT2D eigenvalue weighted by Gasteiger charge is 2.24. The first-order valence-electron chi connectivity index (χ1n) is 8.10. The van der Waals surface area contributed by atoms with Crippen molar-refractivity contribution in [3.63, 3.8) is 0 Å². The molecule has 0 aliphatic rings. The van der Waals surface area contributed by atoms with Gasteiger partial charge in [0, 0.05) is 18.2 Å². The lowest BCUT2D eigenvalue weighted by atomic mass is 9.97. The molecule has 0 aromatic heterocycles. The minimum atomic E-state index is -1.07. The van der Waals surface area contributed by atoms with E-state index in [2.05, 4.69) is 0 Å². The Bertz CT molecular complexity index is 863. The van der Waals surface area contributed by atoms with E-state index in [-0.39, 0.29) is 28.6 Å². The monoisotopic (exact) mass is 374 g/mol. The molecule has 0 fully saturated rings. The third-order valence-corrected chi connectivity index (χ3v) is 3.87. The second kappa shape index (κ2) is 8.26. The van der Waals surface area contributed by atoms with Gasteiger partial charge in [0.05, 0.1) is 15.4 Å². The third kappa shape index (κ3) is 5.00. The molecule has 2 aromatic carbocycles. The van der Waals surface area contributed by atoms with E-state index in [9.17, 15) is 25.0 Å². The number of ether oxygens (including phenoxy) is 2. The minimum absolute atomic E-state index is 0.0585. The van der Waals surface area contributed by atoms with Crippen molar-refractivity contribution in [3.8, 4) is 5.75 Å². The van der Waals surface area contributed by atoms with Crippen LogP contribution < -0.4 is 4.74 Å². The van der Waals surface area contributed by atoms with Crippen LogP contribution in [0.1, 0.15) is 43.9 Å². The van der Waals surface area contributed by atoms with Crippen LogP contribution in [-0.2, 0) is 4.74 Å². The number of non-ortho nitro benzene ring substituents is 1. The molecule has 2 rings (SSSR count). The number of hydrogen-bond donors (Lipinski definition) is 0. The van der Waals surface area contributed by atoms with Gasteiger partial charge in [-0.1, -0.05) is 19.9 Å². The van der Waals surface area contributed by atoms with E-state index < -0.39 is 22.1 Å². The standard InChI is InChI=1S/C18H18N2O7/c1-11(2)13-4-9-17(20(24)25)16(10-13)12(3)26-18(21)27-15-7-5-14(6-8-15)19(22)23/h4-12H,1-3H3. The number of carbonyl (C=O) groups excluding carboxylic acids is 1. The van der Waals surface area contributed by atoms with Gasteiger partial charge in [0.25, 0.3) is 11.4 Å². The van der Waals surface area contributed by atoms with E-state index in [1.807, 2.05) is 13.8 Å². The fourth-order valence-corrected chi connectivity index (χ4v) is 2.39. The van der Waals surface area contributed by atoms with Crippen molar-refractivity contribution < 1.29 is 24.1 Å². The molecular weight excluding hydrogens is 356 g/mol. The normalized spacial score (nSPS) is 11.7. The molecule has 1 unspecified atom stereocenters. The van der Waals surface area contributed by atoms with Crippen LogP contribution in [0.15, 0.2) is 42.5 Å². The highest BCUT2D eigenvalue weighted by Crippen LogP contribution is 2.31. The van der Waals surface area contributed by atoms with E-state index in [4.69, 9.17) is 9.47 Å². The molecular formula is C18H18N2O7. The van der Waals surface area contributed by atoms with Gasteiger partial charge < -0.3 is 9.47 Å². The molecule has 142 valence electrons. The maximum absolute atomic E-state index is 12.0. The van der Waals surface area contributed by atoms with Gasteiger partial charge in [-0.25, -0.2) is 4.79 Å². The molecule has 0 N–H and O–H groups in total. The topological polar surface area (TPSA) is 122 Å². The summed E-state index contributed by atoms with van der Waals surface area (Å²) in [5.74, 6) is 0.201. The highest BCUT2D eigenvalue weighted by molar-refractivity contribution is 5.64. The number of benzene rings is 2. The molecule has 0 aliphatic carbocycles. The maximum atomic E-state index is 12.0. The summed E-state index contributed by atoms with van der Waals surface area (Å²) in [5.41, 5.74) is 0.821. The average Bonchev–Trinajstić information content (AvgIpc) is 2.61. The summed E-state index contributed by atoms with van der Waals surface area (Å²) >= 11 is 0. The van der Waals surface area contributed by atoms with Crippen molar-refractivity contribution in [1.29, 1.82) is 0 Å². The molecule has 27 heavy (non-hydrogen) atoms. The van der Waals surface area contributed by atoms with Crippen molar-refractivity contribution in [2.24, 2.45) is 0 Å². The first-order valence-corrected chi connectivity index (χ1v) is 8.10. The van der Waals surface area contributed by atoms with Crippen molar-refractivity contribution in [1.82, 2.24) is 0 Å². The fourth-order valence-electron chi connectivity index (χ4n) is 2.39. The first-order chi connectivity index (χ1) is 12.7. The summed E-state index contributed by atoms with van der Waals surface area (Å²) in [4.78, 5) is 32.7.